The average Bonchev–Trinajstić information content (AvgIpc) is 2.88. The van der Waals surface area contributed by atoms with Crippen molar-refractivity contribution in [1.29, 1.82) is 0 Å². The van der Waals surface area contributed by atoms with E-state index in [-0.39, 0.29) is 18.4 Å². The van der Waals surface area contributed by atoms with Gasteiger partial charge in [0, 0.05) is 25.7 Å². The molecule has 1 aromatic heterocycles. The molecule has 6 nitrogen and oxygen atoms in total. The zero-order valence-electron chi connectivity index (χ0n) is 10.9. The first-order valence-corrected chi connectivity index (χ1v) is 6.07. The zero-order chi connectivity index (χ0) is 13.3. The lowest BCUT2D eigenvalue weighted by atomic mass is 10.1. The van der Waals surface area contributed by atoms with Crippen LogP contribution in [0.1, 0.15) is 17.0 Å². The fraction of sp³-hybridized carbons (Fsp3) is 0.667. The number of aryl methyl sites for hydroxylation is 2. The van der Waals surface area contributed by atoms with Gasteiger partial charge in [0.2, 0.25) is 5.91 Å². The number of hydrogen-bond acceptors (Lipinski definition) is 5. The van der Waals surface area contributed by atoms with E-state index in [0.29, 0.717) is 18.8 Å². The van der Waals surface area contributed by atoms with Gasteiger partial charge in [0.1, 0.15) is 5.76 Å². The number of rotatable bonds is 3. The normalized spacial score (nSPS) is 23.3. The highest BCUT2D eigenvalue weighted by atomic mass is 16.5. The molecule has 0 aliphatic carbocycles. The monoisotopic (exact) mass is 253 g/mol. The third kappa shape index (κ3) is 2.39. The molecule has 0 bridgehead atoms. The van der Waals surface area contributed by atoms with Crippen molar-refractivity contribution in [3.8, 4) is 0 Å². The summed E-state index contributed by atoms with van der Waals surface area (Å²) in [5.41, 5.74) is 1.59. The van der Waals surface area contributed by atoms with E-state index in [0.717, 1.165) is 11.3 Å². The summed E-state index contributed by atoms with van der Waals surface area (Å²) in [6, 6.07) is -0.155. The first-order chi connectivity index (χ1) is 8.50. The smallest absolute Gasteiger partial charge is 0.227 e. The number of likely N-dealkylation sites (N-methyl/N-ethyl adjacent to an activating group) is 1. The van der Waals surface area contributed by atoms with Crippen molar-refractivity contribution in [3.05, 3.63) is 17.0 Å². The summed E-state index contributed by atoms with van der Waals surface area (Å²) in [6.45, 7) is 4.79. The van der Waals surface area contributed by atoms with Crippen LogP contribution >= 0.6 is 0 Å². The summed E-state index contributed by atoms with van der Waals surface area (Å²) in [7, 11) is 1.72. The molecule has 0 aromatic carbocycles. The Balaban J connectivity index is 2.04. The van der Waals surface area contributed by atoms with E-state index >= 15 is 0 Å². The molecular weight excluding hydrogens is 234 g/mol. The third-order valence-corrected chi connectivity index (χ3v) is 3.55. The van der Waals surface area contributed by atoms with Gasteiger partial charge in [0.25, 0.3) is 0 Å². The number of aromatic nitrogens is 1. The second kappa shape index (κ2) is 5.07. The molecule has 0 spiro atoms. The Morgan fingerprint density at radius 3 is 2.78 bits per heavy atom. The molecule has 6 heteroatoms. The molecule has 100 valence electrons. The van der Waals surface area contributed by atoms with Crippen molar-refractivity contribution in [1.82, 2.24) is 15.4 Å². The van der Waals surface area contributed by atoms with E-state index < -0.39 is 6.10 Å². The minimum atomic E-state index is -0.497. The number of hydrogen-bond donors (Lipinski definition) is 2. The highest BCUT2D eigenvalue weighted by Gasteiger charge is 2.31. The van der Waals surface area contributed by atoms with Crippen molar-refractivity contribution in [3.63, 3.8) is 0 Å². The summed E-state index contributed by atoms with van der Waals surface area (Å²) in [4.78, 5) is 13.8. The van der Waals surface area contributed by atoms with Crippen LogP contribution in [0.5, 0.6) is 0 Å². The van der Waals surface area contributed by atoms with Crippen LogP contribution in [0.25, 0.3) is 0 Å². The maximum atomic E-state index is 12.2. The Labute approximate surface area is 106 Å². The average molecular weight is 253 g/mol. The standard InChI is InChI=1S/C12H19N3O3/c1-7-9(8(2)18-14-7)4-12(17)15(3)10-5-13-6-11(10)16/h10-11,13,16H,4-6H2,1-3H3/t10-,11-/m0/s1. The lowest BCUT2D eigenvalue weighted by Crippen LogP contribution is -2.44. The molecule has 1 fully saturated rings. The van der Waals surface area contributed by atoms with E-state index in [1.54, 1.807) is 18.9 Å². The Bertz CT molecular complexity index is 424. The largest absolute Gasteiger partial charge is 0.390 e. The molecule has 2 rings (SSSR count). The number of nitrogens with one attached hydrogen (secondary N) is 1. The van der Waals surface area contributed by atoms with Crippen LogP contribution < -0.4 is 5.32 Å². The van der Waals surface area contributed by atoms with Crippen molar-refractivity contribution in [2.75, 3.05) is 20.1 Å². The van der Waals surface area contributed by atoms with E-state index in [9.17, 15) is 9.90 Å². The molecule has 0 unspecified atom stereocenters. The third-order valence-electron chi connectivity index (χ3n) is 3.55. The van der Waals surface area contributed by atoms with Crippen LogP contribution in [0, 0.1) is 13.8 Å². The molecule has 2 heterocycles. The quantitative estimate of drug-likeness (QED) is 0.768. The lowest BCUT2D eigenvalue weighted by molar-refractivity contribution is -0.132. The predicted molar refractivity (Wildman–Crippen MR) is 65.1 cm³/mol. The summed E-state index contributed by atoms with van der Waals surface area (Å²) in [5, 5.41) is 16.7. The highest BCUT2D eigenvalue weighted by molar-refractivity contribution is 5.79. The molecule has 1 saturated heterocycles. The van der Waals surface area contributed by atoms with Crippen LogP contribution in [0.4, 0.5) is 0 Å². The van der Waals surface area contributed by atoms with Gasteiger partial charge in [-0.15, -0.1) is 0 Å². The zero-order valence-corrected chi connectivity index (χ0v) is 10.9. The highest BCUT2D eigenvalue weighted by Crippen LogP contribution is 2.15. The first-order valence-electron chi connectivity index (χ1n) is 6.07. The molecule has 1 aliphatic rings. The molecule has 0 saturated carbocycles. The van der Waals surface area contributed by atoms with Crippen LogP contribution in [0.15, 0.2) is 4.52 Å². The van der Waals surface area contributed by atoms with Gasteiger partial charge in [0.05, 0.1) is 24.3 Å². The number of aliphatic hydroxyl groups excluding tert-OH is 1. The van der Waals surface area contributed by atoms with Gasteiger partial charge in [0.15, 0.2) is 0 Å². The minimum absolute atomic E-state index is 0.0304. The first kappa shape index (κ1) is 13.0. The van der Waals surface area contributed by atoms with Crippen molar-refractivity contribution < 1.29 is 14.4 Å². The summed E-state index contributed by atoms with van der Waals surface area (Å²) < 4.78 is 5.04. The number of carbonyl (C=O) groups is 1. The topological polar surface area (TPSA) is 78.6 Å². The van der Waals surface area contributed by atoms with Crippen molar-refractivity contribution in [2.24, 2.45) is 0 Å². The van der Waals surface area contributed by atoms with Crippen LogP contribution in [-0.2, 0) is 11.2 Å². The fourth-order valence-corrected chi connectivity index (χ4v) is 2.26. The second-order valence-corrected chi connectivity index (χ2v) is 4.78. The Kier molecular flexibility index (Phi) is 3.68. The Morgan fingerprint density at radius 1 is 1.56 bits per heavy atom. The predicted octanol–water partition coefficient (Wildman–Crippen LogP) is -0.375. The molecule has 18 heavy (non-hydrogen) atoms. The fourth-order valence-electron chi connectivity index (χ4n) is 2.26. The van der Waals surface area contributed by atoms with Crippen LogP contribution in [0.2, 0.25) is 0 Å². The second-order valence-electron chi connectivity index (χ2n) is 4.78. The Hall–Kier alpha value is -1.40. The molecule has 2 N–H and O–H groups in total. The summed E-state index contributed by atoms with van der Waals surface area (Å²) in [5.74, 6) is 0.650. The number of aliphatic hydroxyl groups is 1. The Morgan fingerprint density at radius 2 is 2.28 bits per heavy atom. The number of nitrogens with zero attached hydrogens (tertiary/aromatic N) is 2. The van der Waals surface area contributed by atoms with E-state index in [4.69, 9.17) is 4.52 Å². The van der Waals surface area contributed by atoms with Gasteiger partial charge in [-0.1, -0.05) is 5.16 Å². The maximum Gasteiger partial charge on any atom is 0.227 e. The van der Waals surface area contributed by atoms with Gasteiger partial charge in [-0.05, 0) is 13.8 Å². The SMILES string of the molecule is Cc1noc(C)c1CC(=O)N(C)[C@H]1CNC[C@@H]1O. The van der Waals surface area contributed by atoms with Gasteiger partial charge in [-0.3, -0.25) is 4.79 Å². The molecular formula is C12H19N3O3. The van der Waals surface area contributed by atoms with Crippen molar-refractivity contribution >= 4 is 5.91 Å². The minimum Gasteiger partial charge on any atom is -0.390 e. The van der Waals surface area contributed by atoms with Gasteiger partial charge < -0.3 is 19.8 Å². The van der Waals surface area contributed by atoms with Gasteiger partial charge in [-0.25, -0.2) is 0 Å². The van der Waals surface area contributed by atoms with E-state index in [1.807, 2.05) is 6.92 Å². The molecule has 1 aliphatic heterocycles. The van der Waals surface area contributed by atoms with Gasteiger partial charge >= 0.3 is 0 Å². The van der Waals surface area contributed by atoms with Crippen LogP contribution in [-0.4, -0.2) is 53.4 Å². The van der Waals surface area contributed by atoms with Gasteiger partial charge in [-0.2, -0.15) is 0 Å². The summed E-state index contributed by atoms with van der Waals surface area (Å²) >= 11 is 0. The van der Waals surface area contributed by atoms with Crippen LogP contribution in [0.3, 0.4) is 0 Å². The van der Waals surface area contributed by atoms with E-state index in [2.05, 4.69) is 10.5 Å². The molecule has 1 amide bonds. The molecule has 0 radical (unpaired) electrons. The summed E-state index contributed by atoms with van der Waals surface area (Å²) in [6.07, 6.45) is -0.232. The number of carbonyl (C=O) groups excluding carboxylic acids is 1. The molecule has 2 atom stereocenters. The maximum absolute atomic E-state index is 12.2. The number of β-amino-alcohol motifs (C(OH)–C–C–N with tert-alkyl or cyclic N) is 1. The molecule has 1 aromatic rings. The van der Waals surface area contributed by atoms with Crippen molar-refractivity contribution in [2.45, 2.75) is 32.4 Å². The van der Waals surface area contributed by atoms with E-state index in [1.165, 1.54) is 0 Å². The lowest BCUT2D eigenvalue weighted by Gasteiger charge is -2.26. The number of amides is 1.